The highest BCUT2D eigenvalue weighted by Gasteiger charge is 2.44. The maximum atomic E-state index is 13.2. The van der Waals surface area contributed by atoms with Crippen molar-refractivity contribution < 1.29 is 37.0 Å². The normalized spacial score (nSPS) is 11.4. The number of urea groups is 1. The van der Waals surface area contributed by atoms with E-state index < -0.39 is 18.2 Å². The monoisotopic (exact) mass is 659 g/mol. The Kier molecular flexibility index (Phi) is 9.24. The summed E-state index contributed by atoms with van der Waals surface area (Å²) < 4.78 is 52.2. The Morgan fingerprint density at radius 1 is 1.13 bits per heavy atom. The van der Waals surface area contributed by atoms with Gasteiger partial charge in [0.1, 0.15) is 11.0 Å². The molecule has 14 nitrogen and oxygen atoms in total. The number of aryl methyl sites for hydroxylation is 1. The van der Waals surface area contributed by atoms with Gasteiger partial charge in [0.2, 0.25) is 0 Å². The van der Waals surface area contributed by atoms with Gasteiger partial charge in [0, 0.05) is 22.8 Å². The summed E-state index contributed by atoms with van der Waals surface area (Å²) in [6.07, 6.45) is -3.39. The molecule has 5 N–H and O–H groups in total. The summed E-state index contributed by atoms with van der Waals surface area (Å²) in [5.74, 6) is -1.99. The average Bonchev–Trinajstić information content (AvgIpc) is 3.62. The summed E-state index contributed by atoms with van der Waals surface area (Å²) >= 11 is 5.97. The summed E-state index contributed by atoms with van der Waals surface area (Å²) in [4.78, 5) is 38.9. The molecule has 0 fully saturated rings. The molecule has 3 aromatic heterocycles. The minimum Gasteiger partial charge on any atom is -0.490 e. The van der Waals surface area contributed by atoms with Gasteiger partial charge in [-0.1, -0.05) is 29.8 Å². The van der Waals surface area contributed by atoms with Crippen LogP contribution in [0.5, 0.6) is 5.75 Å². The molecule has 0 bridgehead atoms. The number of hydroxylamine groups is 1. The van der Waals surface area contributed by atoms with Gasteiger partial charge in [-0.3, -0.25) is 0 Å². The Labute approximate surface area is 262 Å². The van der Waals surface area contributed by atoms with Crippen LogP contribution in [0.25, 0.3) is 33.8 Å². The number of imidazole rings is 1. The third-order valence-corrected chi connectivity index (χ3v) is 6.64. The van der Waals surface area contributed by atoms with Crippen molar-refractivity contribution in [3.05, 3.63) is 59.8 Å². The van der Waals surface area contributed by atoms with Crippen molar-refractivity contribution in [3.63, 3.8) is 0 Å². The third-order valence-electron chi connectivity index (χ3n) is 6.40. The van der Waals surface area contributed by atoms with Gasteiger partial charge >= 0.3 is 18.2 Å². The summed E-state index contributed by atoms with van der Waals surface area (Å²) in [6, 6.07) is 10.2. The summed E-state index contributed by atoms with van der Waals surface area (Å²) in [7, 11) is 0. The number of rotatable bonds is 9. The van der Waals surface area contributed by atoms with E-state index in [-0.39, 0.29) is 56.7 Å². The number of aromatic nitrogens is 5. The number of nitrogens with one attached hydrogen (secondary N) is 1. The highest BCUT2D eigenvalue weighted by molar-refractivity contribution is 6.31. The Morgan fingerprint density at radius 3 is 2.59 bits per heavy atom. The zero-order chi connectivity index (χ0) is 33.0. The minimum atomic E-state index is -5.40. The smallest absolute Gasteiger partial charge is 0.490 e. The van der Waals surface area contributed by atoms with Crippen LogP contribution in [0.4, 0.5) is 35.2 Å². The number of pyridine rings is 1. The highest BCUT2D eigenvalue weighted by Crippen LogP contribution is 2.37. The van der Waals surface area contributed by atoms with Crippen LogP contribution in [0.2, 0.25) is 5.02 Å². The second-order valence-corrected chi connectivity index (χ2v) is 9.93. The number of carbonyl (C=O) groups is 2. The van der Waals surface area contributed by atoms with E-state index in [4.69, 9.17) is 37.4 Å². The van der Waals surface area contributed by atoms with E-state index in [0.29, 0.717) is 36.3 Å². The summed E-state index contributed by atoms with van der Waals surface area (Å²) in [6.45, 7) is 2.90. The molecule has 0 spiro atoms. The number of benzene rings is 2. The standard InChI is InChI=1S/C28H25ClF3N9O5/c1-2-40-23-19(44-11-5-10-33)14-35-20(21(23)37-25(40)22-24(34)39-46-38-22)15-6-3-9-18(12-15)41(45-26(42)28(30,31)32)27(43)36-17-8-4-7-16(29)13-17/h3-4,6-9,12-14H,2,5,10-11,33H2,1H3,(H2,34,39)(H,36,43). The topological polar surface area (TPSA) is 190 Å². The number of alkyl halides is 3. The fraction of sp³-hybridized carbons (Fsp3) is 0.214. The molecule has 0 unspecified atom stereocenters. The Balaban J connectivity index is 1.63. The second kappa shape index (κ2) is 13.3. The van der Waals surface area contributed by atoms with Gasteiger partial charge in [-0.2, -0.15) is 13.2 Å². The fourth-order valence-electron chi connectivity index (χ4n) is 4.40. The lowest BCUT2D eigenvalue weighted by Crippen LogP contribution is -2.41. The Morgan fingerprint density at radius 2 is 1.91 bits per heavy atom. The lowest BCUT2D eigenvalue weighted by Gasteiger charge is -2.22. The first-order valence-corrected chi connectivity index (χ1v) is 14.0. The van der Waals surface area contributed by atoms with Crippen LogP contribution in [0.3, 0.4) is 0 Å². The summed E-state index contributed by atoms with van der Waals surface area (Å²) in [5, 5.41) is 10.3. The van der Waals surface area contributed by atoms with E-state index >= 15 is 0 Å². The highest BCUT2D eigenvalue weighted by atomic mass is 35.5. The molecule has 0 aliphatic carbocycles. The van der Waals surface area contributed by atoms with E-state index in [9.17, 15) is 22.8 Å². The molecule has 46 heavy (non-hydrogen) atoms. The van der Waals surface area contributed by atoms with Crippen LogP contribution in [0.15, 0.2) is 59.4 Å². The number of fused-ring (bicyclic) bond motifs is 1. The minimum absolute atomic E-state index is 0.0139. The van der Waals surface area contributed by atoms with Crippen molar-refractivity contribution in [1.82, 2.24) is 24.8 Å². The van der Waals surface area contributed by atoms with Crippen LogP contribution >= 0.6 is 11.6 Å². The Hall–Kier alpha value is -5.42. The fourth-order valence-corrected chi connectivity index (χ4v) is 4.59. The van der Waals surface area contributed by atoms with E-state index in [1.54, 1.807) is 10.6 Å². The molecule has 240 valence electrons. The molecule has 5 aromatic rings. The zero-order valence-corrected chi connectivity index (χ0v) is 24.7. The molecule has 2 amide bonds. The van der Waals surface area contributed by atoms with Crippen molar-refractivity contribution in [1.29, 1.82) is 0 Å². The SMILES string of the molecule is CCn1c(-c2nonc2N)nc2c(-c3cccc(N(OC(=O)C(F)(F)F)C(=O)Nc4cccc(Cl)c4)c3)ncc(OCCCN)c21. The average molecular weight is 660 g/mol. The van der Waals surface area contributed by atoms with Crippen LogP contribution in [0, 0.1) is 0 Å². The number of halogens is 4. The molecule has 0 saturated carbocycles. The number of nitrogens with zero attached hydrogens (tertiary/aromatic N) is 6. The maximum Gasteiger partial charge on any atom is 0.493 e. The van der Waals surface area contributed by atoms with Crippen molar-refractivity contribution in [2.45, 2.75) is 26.1 Å². The molecule has 0 saturated heterocycles. The number of nitrogens with two attached hydrogens (primary N) is 2. The van der Waals surface area contributed by atoms with Crippen LogP contribution in [0.1, 0.15) is 13.3 Å². The molecule has 0 aliphatic rings. The number of ether oxygens (including phenoxy) is 1. The van der Waals surface area contributed by atoms with E-state index in [2.05, 4.69) is 25.5 Å². The van der Waals surface area contributed by atoms with Crippen LogP contribution < -0.4 is 26.6 Å². The summed E-state index contributed by atoms with van der Waals surface area (Å²) in [5.41, 5.74) is 13.0. The quantitative estimate of drug-likeness (QED) is 0.139. The van der Waals surface area contributed by atoms with E-state index in [1.165, 1.54) is 48.7 Å². The number of amides is 2. The molecular weight excluding hydrogens is 635 g/mol. The van der Waals surface area contributed by atoms with Gasteiger partial charge in [-0.25, -0.2) is 24.2 Å². The van der Waals surface area contributed by atoms with Gasteiger partial charge in [-0.05, 0) is 60.5 Å². The van der Waals surface area contributed by atoms with Gasteiger partial charge < -0.3 is 30.9 Å². The van der Waals surface area contributed by atoms with Crippen molar-refractivity contribution in [3.8, 4) is 28.5 Å². The number of hydrogen-bond acceptors (Lipinski definition) is 11. The zero-order valence-electron chi connectivity index (χ0n) is 23.9. The van der Waals surface area contributed by atoms with Crippen LogP contribution in [-0.4, -0.2) is 56.2 Å². The van der Waals surface area contributed by atoms with Crippen LogP contribution in [-0.2, 0) is 16.2 Å². The molecule has 5 rings (SSSR count). The lowest BCUT2D eigenvalue weighted by molar-refractivity contribution is -0.199. The van der Waals surface area contributed by atoms with Crippen molar-refractivity contribution in [2.75, 3.05) is 29.3 Å². The molecule has 18 heteroatoms. The number of carbonyl (C=O) groups excluding carboxylic acids is 2. The molecule has 0 aliphatic heterocycles. The van der Waals surface area contributed by atoms with Crippen molar-refractivity contribution >= 4 is 51.8 Å². The third kappa shape index (κ3) is 6.64. The second-order valence-electron chi connectivity index (χ2n) is 9.50. The first-order valence-electron chi connectivity index (χ1n) is 13.6. The number of nitrogen functional groups attached to an aromatic ring is 1. The molecule has 0 radical (unpaired) electrons. The molecular formula is C28H25ClF3N9O5. The van der Waals surface area contributed by atoms with E-state index in [1.807, 2.05) is 6.92 Å². The first kappa shape index (κ1) is 32.0. The van der Waals surface area contributed by atoms with Gasteiger partial charge in [-0.15, -0.1) is 5.06 Å². The van der Waals surface area contributed by atoms with E-state index in [0.717, 1.165) is 0 Å². The van der Waals surface area contributed by atoms with Gasteiger partial charge in [0.15, 0.2) is 23.1 Å². The predicted molar refractivity (Wildman–Crippen MR) is 161 cm³/mol. The number of hydrogen-bond donors (Lipinski definition) is 3. The maximum absolute atomic E-state index is 13.2. The molecule has 0 atom stereocenters. The Bertz CT molecular complexity index is 1900. The molecule has 2 aromatic carbocycles. The predicted octanol–water partition coefficient (Wildman–Crippen LogP) is 5.19. The largest absolute Gasteiger partial charge is 0.493 e. The van der Waals surface area contributed by atoms with Crippen molar-refractivity contribution in [2.24, 2.45) is 5.73 Å². The van der Waals surface area contributed by atoms with Gasteiger partial charge in [0.05, 0.1) is 24.2 Å². The van der Waals surface area contributed by atoms with Gasteiger partial charge in [0.25, 0.3) is 0 Å². The number of anilines is 3. The molecule has 3 heterocycles. The lowest BCUT2D eigenvalue weighted by atomic mass is 10.1. The first-order chi connectivity index (χ1) is 22.0.